The SMILES string of the molecule is Cn1c(Cl)cnc1COc1cccc2c1NCCC2. The second-order valence-corrected chi connectivity index (χ2v) is 5.05. The zero-order chi connectivity index (χ0) is 13.2. The maximum atomic E-state index is 5.96. The number of para-hydroxylation sites is 1. The predicted octanol–water partition coefficient (Wildman–Crippen LogP) is 3.01. The summed E-state index contributed by atoms with van der Waals surface area (Å²) in [7, 11) is 1.88. The van der Waals surface area contributed by atoms with Crippen LogP contribution in [0.15, 0.2) is 24.4 Å². The Balaban J connectivity index is 1.79. The molecule has 0 spiro atoms. The van der Waals surface area contributed by atoms with Crippen LogP contribution in [0.3, 0.4) is 0 Å². The number of rotatable bonds is 3. The van der Waals surface area contributed by atoms with Crippen LogP contribution < -0.4 is 10.1 Å². The van der Waals surface area contributed by atoms with E-state index in [1.807, 2.05) is 23.7 Å². The Morgan fingerprint density at radius 2 is 2.37 bits per heavy atom. The van der Waals surface area contributed by atoms with E-state index in [0.29, 0.717) is 11.8 Å². The topological polar surface area (TPSA) is 39.1 Å². The Morgan fingerprint density at radius 3 is 3.16 bits per heavy atom. The number of hydrogen-bond donors (Lipinski definition) is 1. The molecule has 0 saturated heterocycles. The van der Waals surface area contributed by atoms with E-state index in [9.17, 15) is 0 Å². The summed E-state index contributed by atoms with van der Waals surface area (Å²) in [6.45, 7) is 1.42. The van der Waals surface area contributed by atoms with Gasteiger partial charge in [-0.25, -0.2) is 4.98 Å². The molecule has 1 aromatic carbocycles. The van der Waals surface area contributed by atoms with Crippen LogP contribution in [0.4, 0.5) is 5.69 Å². The number of anilines is 1. The summed E-state index contributed by atoms with van der Waals surface area (Å²) >= 11 is 5.96. The van der Waals surface area contributed by atoms with Gasteiger partial charge in [-0.05, 0) is 24.5 Å². The molecule has 5 heteroatoms. The molecule has 0 saturated carbocycles. The minimum Gasteiger partial charge on any atom is -0.484 e. The van der Waals surface area contributed by atoms with Crippen molar-refractivity contribution in [3.63, 3.8) is 0 Å². The van der Waals surface area contributed by atoms with Crippen molar-refractivity contribution >= 4 is 17.3 Å². The second kappa shape index (κ2) is 5.13. The lowest BCUT2D eigenvalue weighted by atomic mass is 10.0. The first kappa shape index (κ1) is 12.4. The van der Waals surface area contributed by atoms with Gasteiger partial charge in [0, 0.05) is 13.6 Å². The van der Waals surface area contributed by atoms with Crippen LogP contribution in [0.5, 0.6) is 5.75 Å². The molecule has 2 aromatic rings. The average Bonchev–Trinajstić information content (AvgIpc) is 2.76. The van der Waals surface area contributed by atoms with Crippen molar-refractivity contribution in [3.8, 4) is 5.75 Å². The van der Waals surface area contributed by atoms with Crippen molar-refractivity contribution in [1.82, 2.24) is 9.55 Å². The summed E-state index contributed by atoms with van der Waals surface area (Å²) in [6.07, 6.45) is 3.91. The molecule has 4 nitrogen and oxygen atoms in total. The summed E-state index contributed by atoms with van der Waals surface area (Å²) in [6, 6.07) is 6.17. The first-order valence-electron chi connectivity index (χ1n) is 6.40. The fourth-order valence-corrected chi connectivity index (χ4v) is 2.45. The third kappa shape index (κ3) is 2.40. The molecule has 3 rings (SSSR count). The fourth-order valence-electron chi connectivity index (χ4n) is 2.30. The van der Waals surface area contributed by atoms with Crippen molar-refractivity contribution < 1.29 is 4.74 Å². The zero-order valence-electron chi connectivity index (χ0n) is 10.8. The molecule has 19 heavy (non-hydrogen) atoms. The average molecular weight is 278 g/mol. The Bertz CT molecular complexity index is 594. The fraction of sp³-hybridized carbons (Fsp3) is 0.357. The van der Waals surface area contributed by atoms with Crippen LogP contribution in [-0.4, -0.2) is 16.1 Å². The van der Waals surface area contributed by atoms with Gasteiger partial charge < -0.3 is 14.6 Å². The number of aromatic nitrogens is 2. The number of halogens is 1. The summed E-state index contributed by atoms with van der Waals surface area (Å²) in [5, 5.41) is 4.03. The molecule has 0 amide bonds. The highest BCUT2D eigenvalue weighted by molar-refractivity contribution is 6.29. The van der Waals surface area contributed by atoms with Gasteiger partial charge in [-0.1, -0.05) is 23.7 Å². The lowest BCUT2D eigenvalue weighted by molar-refractivity contribution is 0.292. The summed E-state index contributed by atoms with van der Waals surface area (Å²) in [5.41, 5.74) is 2.44. The molecule has 0 radical (unpaired) electrons. The third-order valence-corrected chi connectivity index (χ3v) is 3.77. The molecular formula is C14H16ClN3O. The van der Waals surface area contributed by atoms with Crippen LogP contribution in [0.2, 0.25) is 5.15 Å². The summed E-state index contributed by atoms with van der Waals surface area (Å²) < 4.78 is 7.70. The van der Waals surface area contributed by atoms with Crippen LogP contribution in [0.1, 0.15) is 17.8 Å². The van der Waals surface area contributed by atoms with E-state index < -0.39 is 0 Å². The first-order valence-corrected chi connectivity index (χ1v) is 6.78. The number of nitrogens with zero attached hydrogens (tertiary/aromatic N) is 2. The lowest BCUT2D eigenvalue weighted by Gasteiger charge is -2.21. The third-order valence-electron chi connectivity index (χ3n) is 3.42. The van der Waals surface area contributed by atoms with Crippen molar-refractivity contribution in [2.24, 2.45) is 7.05 Å². The highest BCUT2D eigenvalue weighted by atomic mass is 35.5. The summed E-state index contributed by atoms with van der Waals surface area (Å²) in [4.78, 5) is 4.23. The van der Waals surface area contributed by atoms with E-state index in [4.69, 9.17) is 16.3 Å². The number of nitrogens with one attached hydrogen (secondary N) is 1. The molecule has 0 unspecified atom stereocenters. The van der Waals surface area contributed by atoms with E-state index in [1.54, 1.807) is 6.20 Å². The molecule has 0 bridgehead atoms. The van der Waals surface area contributed by atoms with Gasteiger partial charge in [-0.15, -0.1) is 0 Å². The Labute approximate surface area is 117 Å². The molecule has 0 aliphatic carbocycles. The highest BCUT2D eigenvalue weighted by Crippen LogP contribution is 2.32. The van der Waals surface area contributed by atoms with Gasteiger partial charge in [0.1, 0.15) is 23.3 Å². The van der Waals surface area contributed by atoms with Crippen molar-refractivity contribution in [2.45, 2.75) is 19.4 Å². The molecule has 1 N–H and O–H groups in total. The molecule has 100 valence electrons. The number of ether oxygens (including phenoxy) is 1. The van der Waals surface area contributed by atoms with Crippen LogP contribution in [-0.2, 0) is 20.1 Å². The molecule has 0 fully saturated rings. The van der Waals surface area contributed by atoms with Crippen molar-refractivity contribution in [3.05, 3.63) is 40.9 Å². The molecule has 1 aromatic heterocycles. The second-order valence-electron chi connectivity index (χ2n) is 4.67. The van der Waals surface area contributed by atoms with E-state index in [1.165, 1.54) is 12.0 Å². The molecule has 1 aliphatic heterocycles. The lowest BCUT2D eigenvalue weighted by Crippen LogP contribution is -2.13. The Morgan fingerprint density at radius 1 is 1.47 bits per heavy atom. The minimum absolute atomic E-state index is 0.418. The molecular weight excluding hydrogens is 262 g/mol. The predicted molar refractivity (Wildman–Crippen MR) is 75.8 cm³/mol. The van der Waals surface area contributed by atoms with Crippen LogP contribution >= 0.6 is 11.6 Å². The van der Waals surface area contributed by atoms with Gasteiger partial charge in [0.25, 0.3) is 0 Å². The monoisotopic (exact) mass is 277 g/mol. The number of fused-ring (bicyclic) bond motifs is 1. The maximum Gasteiger partial charge on any atom is 0.147 e. The number of imidazole rings is 1. The minimum atomic E-state index is 0.418. The summed E-state index contributed by atoms with van der Waals surface area (Å²) in [5.74, 6) is 1.70. The molecule has 1 aliphatic rings. The van der Waals surface area contributed by atoms with Gasteiger partial charge >= 0.3 is 0 Å². The number of aryl methyl sites for hydroxylation is 1. The van der Waals surface area contributed by atoms with E-state index >= 15 is 0 Å². The zero-order valence-corrected chi connectivity index (χ0v) is 11.6. The first-order chi connectivity index (χ1) is 9.25. The van der Waals surface area contributed by atoms with Crippen LogP contribution in [0.25, 0.3) is 0 Å². The molecule has 0 atom stereocenters. The largest absolute Gasteiger partial charge is 0.484 e. The Hall–Kier alpha value is -1.68. The van der Waals surface area contributed by atoms with E-state index in [0.717, 1.165) is 30.2 Å². The van der Waals surface area contributed by atoms with Crippen molar-refractivity contribution in [1.29, 1.82) is 0 Å². The van der Waals surface area contributed by atoms with E-state index in [-0.39, 0.29) is 0 Å². The molecule has 2 heterocycles. The number of hydrogen-bond acceptors (Lipinski definition) is 3. The van der Waals surface area contributed by atoms with Gasteiger partial charge in [0.05, 0.1) is 11.9 Å². The highest BCUT2D eigenvalue weighted by Gasteiger charge is 2.14. The van der Waals surface area contributed by atoms with Gasteiger partial charge in [0.15, 0.2) is 0 Å². The van der Waals surface area contributed by atoms with Gasteiger partial charge in [-0.3, -0.25) is 0 Å². The standard InChI is InChI=1S/C14H16ClN3O/c1-18-12(15)8-17-13(18)9-19-11-6-2-4-10-5-3-7-16-14(10)11/h2,4,6,8,16H,3,5,7,9H2,1H3. The van der Waals surface area contributed by atoms with Gasteiger partial charge in [0.2, 0.25) is 0 Å². The Kier molecular flexibility index (Phi) is 3.34. The normalized spacial score (nSPS) is 13.8. The van der Waals surface area contributed by atoms with Crippen LogP contribution in [0, 0.1) is 0 Å². The smallest absolute Gasteiger partial charge is 0.147 e. The maximum absolute atomic E-state index is 5.96. The number of benzene rings is 1. The van der Waals surface area contributed by atoms with E-state index in [2.05, 4.69) is 16.4 Å². The quantitative estimate of drug-likeness (QED) is 0.937. The van der Waals surface area contributed by atoms with Gasteiger partial charge in [-0.2, -0.15) is 0 Å². The van der Waals surface area contributed by atoms with Crippen molar-refractivity contribution in [2.75, 3.05) is 11.9 Å².